The minimum Gasteiger partial charge on any atom is -0.466 e. The van der Waals surface area contributed by atoms with Crippen molar-refractivity contribution in [2.45, 2.75) is 97.3 Å². The second-order valence-corrected chi connectivity index (χ2v) is 7.77. The fourth-order valence-electron chi connectivity index (χ4n) is 3.46. The van der Waals surface area contributed by atoms with Crippen molar-refractivity contribution in [3.05, 3.63) is 42.0 Å². The van der Waals surface area contributed by atoms with Gasteiger partial charge in [-0.25, -0.2) is 0 Å². The maximum atomic E-state index is 11.6. The van der Waals surface area contributed by atoms with Crippen LogP contribution < -0.4 is 5.32 Å². The van der Waals surface area contributed by atoms with Gasteiger partial charge in [-0.3, -0.25) is 4.79 Å². The van der Waals surface area contributed by atoms with E-state index in [0.717, 1.165) is 31.5 Å². The van der Waals surface area contributed by atoms with Crippen LogP contribution in [0.3, 0.4) is 0 Å². The van der Waals surface area contributed by atoms with Crippen LogP contribution in [0.4, 0.5) is 5.69 Å². The molecule has 1 aromatic carbocycles. The van der Waals surface area contributed by atoms with Gasteiger partial charge in [0.15, 0.2) is 0 Å². The van der Waals surface area contributed by atoms with Crippen molar-refractivity contribution in [3.63, 3.8) is 0 Å². The molecular weight excluding hydrogens is 358 g/mol. The Bertz CT molecular complexity index is 553. The Labute approximate surface area is 179 Å². The van der Waals surface area contributed by atoms with Crippen molar-refractivity contribution < 1.29 is 9.53 Å². The molecule has 0 spiro atoms. The van der Waals surface area contributed by atoms with E-state index in [1.54, 1.807) is 0 Å². The number of anilines is 1. The standard InChI is InChI=1S/C26H43NO2/c1-3-5-6-7-8-9-10-11-12-13-14-15-18-23-27-25-20-17-16-19-24(25)21-22-26(28)29-4-2/h13-14,16-17,19-20,27H,3-12,15,18,21-23H2,1-2H3. The average Bonchev–Trinajstić information content (AvgIpc) is 2.73. The van der Waals surface area contributed by atoms with Gasteiger partial charge in [0.1, 0.15) is 0 Å². The summed E-state index contributed by atoms with van der Waals surface area (Å²) in [5, 5.41) is 3.52. The molecule has 0 amide bonds. The van der Waals surface area contributed by atoms with Crippen molar-refractivity contribution in [1.82, 2.24) is 0 Å². The van der Waals surface area contributed by atoms with Gasteiger partial charge in [0.25, 0.3) is 0 Å². The zero-order valence-corrected chi connectivity index (χ0v) is 18.9. The number of hydrogen-bond acceptors (Lipinski definition) is 3. The Kier molecular flexibility index (Phi) is 15.9. The molecule has 0 aliphatic rings. The molecule has 0 aliphatic heterocycles. The number of hydrogen-bond donors (Lipinski definition) is 1. The summed E-state index contributed by atoms with van der Waals surface area (Å²) in [6.45, 7) is 5.53. The van der Waals surface area contributed by atoms with E-state index >= 15 is 0 Å². The van der Waals surface area contributed by atoms with Gasteiger partial charge in [0, 0.05) is 18.7 Å². The molecular formula is C26H43NO2. The van der Waals surface area contributed by atoms with E-state index in [9.17, 15) is 4.79 Å². The van der Waals surface area contributed by atoms with Crippen molar-refractivity contribution in [2.75, 3.05) is 18.5 Å². The summed E-state index contributed by atoms with van der Waals surface area (Å²) in [6.07, 6.45) is 20.4. The van der Waals surface area contributed by atoms with Crippen molar-refractivity contribution in [3.8, 4) is 0 Å². The number of ether oxygens (including phenoxy) is 1. The number of nitrogens with one attached hydrogen (secondary N) is 1. The van der Waals surface area contributed by atoms with Crippen LogP contribution in [-0.4, -0.2) is 19.1 Å². The van der Waals surface area contributed by atoms with Gasteiger partial charge in [0.05, 0.1) is 6.61 Å². The van der Waals surface area contributed by atoms with Gasteiger partial charge < -0.3 is 10.1 Å². The fourth-order valence-corrected chi connectivity index (χ4v) is 3.46. The quantitative estimate of drug-likeness (QED) is 0.158. The van der Waals surface area contributed by atoms with Crippen LogP contribution in [0.1, 0.15) is 96.5 Å². The molecule has 1 aromatic rings. The lowest BCUT2D eigenvalue weighted by Crippen LogP contribution is -2.08. The van der Waals surface area contributed by atoms with Gasteiger partial charge in [-0.05, 0) is 50.7 Å². The molecule has 0 aromatic heterocycles. The monoisotopic (exact) mass is 401 g/mol. The average molecular weight is 402 g/mol. The normalized spacial score (nSPS) is 11.1. The third-order valence-electron chi connectivity index (χ3n) is 5.18. The number of benzene rings is 1. The fraction of sp³-hybridized carbons (Fsp3) is 0.654. The third kappa shape index (κ3) is 13.9. The number of carbonyl (C=O) groups excluding carboxylic acids is 1. The first kappa shape index (κ1) is 25.3. The minimum absolute atomic E-state index is 0.121. The molecule has 1 rings (SSSR count). The molecule has 164 valence electrons. The van der Waals surface area contributed by atoms with Crippen LogP contribution in [0, 0.1) is 0 Å². The molecule has 0 aliphatic carbocycles. The Morgan fingerprint density at radius 3 is 2.28 bits per heavy atom. The van der Waals surface area contributed by atoms with E-state index in [0.29, 0.717) is 13.0 Å². The summed E-state index contributed by atoms with van der Waals surface area (Å²) < 4.78 is 5.02. The number of rotatable bonds is 18. The molecule has 3 heteroatoms. The molecule has 0 heterocycles. The maximum Gasteiger partial charge on any atom is 0.306 e. The van der Waals surface area contributed by atoms with Crippen LogP contribution >= 0.6 is 0 Å². The number of allylic oxidation sites excluding steroid dienone is 2. The highest BCUT2D eigenvalue weighted by Gasteiger charge is 2.06. The van der Waals surface area contributed by atoms with Gasteiger partial charge in [0.2, 0.25) is 0 Å². The predicted octanol–water partition coefficient (Wildman–Crippen LogP) is 7.46. The lowest BCUT2D eigenvalue weighted by atomic mass is 10.1. The molecule has 3 nitrogen and oxygen atoms in total. The second kappa shape index (κ2) is 18.3. The number of carbonyl (C=O) groups is 1. The number of esters is 1. The first-order chi connectivity index (χ1) is 14.3. The van der Waals surface area contributed by atoms with Crippen LogP contribution in [0.2, 0.25) is 0 Å². The smallest absolute Gasteiger partial charge is 0.306 e. The largest absolute Gasteiger partial charge is 0.466 e. The molecule has 0 unspecified atom stereocenters. The summed E-state index contributed by atoms with van der Waals surface area (Å²) in [7, 11) is 0. The highest BCUT2D eigenvalue weighted by Crippen LogP contribution is 2.17. The second-order valence-electron chi connectivity index (χ2n) is 7.77. The van der Waals surface area contributed by atoms with Crippen LogP contribution in [-0.2, 0) is 16.0 Å². The van der Waals surface area contributed by atoms with Crippen molar-refractivity contribution >= 4 is 11.7 Å². The minimum atomic E-state index is -0.121. The predicted molar refractivity (Wildman–Crippen MR) is 125 cm³/mol. The summed E-state index contributed by atoms with van der Waals surface area (Å²) in [6, 6.07) is 8.25. The highest BCUT2D eigenvalue weighted by atomic mass is 16.5. The molecule has 0 saturated heterocycles. The van der Waals surface area contributed by atoms with Gasteiger partial charge in [-0.1, -0.05) is 82.2 Å². The van der Waals surface area contributed by atoms with E-state index in [4.69, 9.17) is 4.74 Å². The Morgan fingerprint density at radius 1 is 0.897 bits per heavy atom. The van der Waals surface area contributed by atoms with E-state index in [1.807, 2.05) is 19.1 Å². The van der Waals surface area contributed by atoms with Gasteiger partial charge in [-0.15, -0.1) is 0 Å². The summed E-state index contributed by atoms with van der Waals surface area (Å²) in [5.41, 5.74) is 2.32. The van der Waals surface area contributed by atoms with Gasteiger partial charge in [-0.2, -0.15) is 0 Å². The van der Waals surface area contributed by atoms with E-state index < -0.39 is 0 Å². The summed E-state index contributed by atoms with van der Waals surface area (Å²) in [5.74, 6) is -0.121. The van der Waals surface area contributed by atoms with Crippen molar-refractivity contribution in [2.24, 2.45) is 0 Å². The van der Waals surface area contributed by atoms with E-state index in [1.165, 1.54) is 63.4 Å². The summed E-state index contributed by atoms with van der Waals surface area (Å²) in [4.78, 5) is 11.6. The molecule has 0 atom stereocenters. The zero-order valence-electron chi connectivity index (χ0n) is 18.9. The first-order valence-corrected chi connectivity index (χ1v) is 11.9. The molecule has 0 radical (unpaired) electrons. The van der Waals surface area contributed by atoms with Crippen LogP contribution in [0.15, 0.2) is 36.4 Å². The van der Waals surface area contributed by atoms with Crippen LogP contribution in [0.5, 0.6) is 0 Å². The van der Waals surface area contributed by atoms with Crippen molar-refractivity contribution in [1.29, 1.82) is 0 Å². The molecule has 0 saturated carbocycles. The lowest BCUT2D eigenvalue weighted by molar-refractivity contribution is -0.143. The SMILES string of the molecule is CCCCCCCCCCC=CCCCNc1ccccc1CCC(=O)OCC. The molecule has 0 bridgehead atoms. The number of para-hydroxylation sites is 1. The Morgan fingerprint density at radius 2 is 1.55 bits per heavy atom. The highest BCUT2D eigenvalue weighted by molar-refractivity contribution is 5.70. The summed E-state index contributed by atoms with van der Waals surface area (Å²) >= 11 is 0. The third-order valence-corrected chi connectivity index (χ3v) is 5.18. The molecule has 29 heavy (non-hydrogen) atoms. The van der Waals surface area contributed by atoms with Gasteiger partial charge >= 0.3 is 5.97 Å². The Hall–Kier alpha value is -1.77. The lowest BCUT2D eigenvalue weighted by Gasteiger charge is -2.11. The Balaban J connectivity index is 2.07. The van der Waals surface area contributed by atoms with Crippen LogP contribution in [0.25, 0.3) is 0 Å². The maximum absolute atomic E-state index is 11.6. The van der Waals surface area contributed by atoms with E-state index in [2.05, 4.69) is 36.5 Å². The zero-order chi connectivity index (χ0) is 21.0. The first-order valence-electron chi connectivity index (χ1n) is 11.9. The molecule has 1 N–H and O–H groups in total. The van der Waals surface area contributed by atoms with E-state index in [-0.39, 0.29) is 5.97 Å². The molecule has 0 fully saturated rings. The topological polar surface area (TPSA) is 38.3 Å². The number of aryl methyl sites for hydroxylation is 1. The number of unbranched alkanes of at least 4 members (excludes halogenated alkanes) is 9.